The first kappa shape index (κ1) is 21.7. The molecule has 5 rings (SSSR count). The maximum absolute atomic E-state index is 2.62. The lowest BCUT2D eigenvalue weighted by Gasteiger charge is -2.42. The average Bonchev–Trinajstić information content (AvgIpc) is 3.40. The highest BCUT2D eigenvalue weighted by Crippen LogP contribution is 2.53. The van der Waals surface area contributed by atoms with E-state index in [1.54, 1.807) is 16.7 Å². The first-order chi connectivity index (χ1) is 15.1. The molecule has 0 amide bonds. The monoisotopic (exact) mass is 424 g/mol. The second kappa shape index (κ2) is 7.47. The van der Waals surface area contributed by atoms with E-state index in [1.165, 1.54) is 59.9 Å². The third kappa shape index (κ3) is 3.51. The van der Waals surface area contributed by atoms with Crippen LogP contribution in [0.3, 0.4) is 0 Å². The van der Waals surface area contributed by atoms with Crippen molar-refractivity contribution < 1.29 is 0 Å². The first-order valence-electron chi connectivity index (χ1n) is 12.8. The zero-order valence-corrected chi connectivity index (χ0v) is 21.1. The summed E-state index contributed by atoms with van der Waals surface area (Å²) < 4.78 is 0. The van der Waals surface area contributed by atoms with Crippen molar-refractivity contribution in [3.8, 4) is 11.1 Å². The van der Waals surface area contributed by atoms with Crippen LogP contribution in [0.2, 0.25) is 0 Å². The summed E-state index contributed by atoms with van der Waals surface area (Å²) in [7, 11) is 0. The molecule has 0 atom stereocenters. The summed E-state index contributed by atoms with van der Waals surface area (Å²) in [5, 5.41) is 0. The van der Waals surface area contributed by atoms with Crippen molar-refractivity contribution in [3.63, 3.8) is 0 Å². The van der Waals surface area contributed by atoms with Gasteiger partial charge in [-0.1, -0.05) is 115 Å². The third-order valence-electron chi connectivity index (χ3n) is 8.36. The Morgan fingerprint density at radius 3 is 2.06 bits per heavy atom. The Kier molecular flexibility index (Phi) is 5.08. The molecule has 1 saturated carbocycles. The molecule has 0 saturated heterocycles. The van der Waals surface area contributed by atoms with Gasteiger partial charge in [-0.3, -0.25) is 0 Å². The van der Waals surface area contributed by atoms with Gasteiger partial charge in [-0.15, -0.1) is 0 Å². The number of hydrogen-bond acceptors (Lipinski definition) is 0. The Morgan fingerprint density at radius 1 is 0.750 bits per heavy atom. The quantitative estimate of drug-likeness (QED) is 0.385. The van der Waals surface area contributed by atoms with Crippen LogP contribution in [-0.2, 0) is 22.7 Å². The summed E-state index contributed by atoms with van der Waals surface area (Å²) in [4.78, 5) is 0. The number of allylic oxidation sites excluding steroid dienone is 4. The number of rotatable bonds is 2. The predicted octanol–water partition coefficient (Wildman–Crippen LogP) is 8.94. The van der Waals surface area contributed by atoms with E-state index in [2.05, 4.69) is 90.1 Å². The molecule has 168 valence electrons. The van der Waals surface area contributed by atoms with Crippen LogP contribution in [0.4, 0.5) is 0 Å². The highest BCUT2D eigenvalue weighted by Gasteiger charge is 2.41. The van der Waals surface area contributed by atoms with Gasteiger partial charge in [0, 0.05) is 5.41 Å². The fourth-order valence-corrected chi connectivity index (χ4v) is 6.32. The van der Waals surface area contributed by atoms with E-state index in [9.17, 15) is 0 Å². The maximum atomic E-state index is 2.62. The molecule has 0 spiro atoms. The van der Waals surface area contributed by atoms with Gasteiger partial charge in [0.2, 0.25) is 0 Å². The van der Waals surface area contributed by atoms with Crippen LogP contribution in [0.25, 0.3) is 11.1 Å². The zero-order valence-electron chi connectivity index (χ0n) is 21.1. The highest BCUT2D eigenvalue weighted by atomic mass is 14.4. The molecule has 0 aliphatic heterocycles. The summed E-state index contributed by atoms with van der Waals surface area (Å²) in [6.07, 6.45) is 16.1. The molecule has 2 aromatic carbocycles. The molecule has 0 heteroatoms. The third-order valence-corrected chi connectivity index (χ3v) is 8.36. The van der Waals surface area contributed by atoms with Gasteiger partial charge in [0.15, 0.2) is 0 Å². The molecule has 1 fully saturated rings. The van der Waals surface area contributed by atoms with Crippen LogP contribution >= 0.6 is 0 Å². The van der Waals surface area contributed by atoms with E-state index < -0.39 is 0 Å². The van der Waals surface area contributed by atoms with Crippen LogP contribution < -0.4 is 0 Å². The van der Waals surface area contributed by atoms with E-state index in [4.69, 9.17) is 0 Å². The van der Waals surface area contributed by atoms with Crippen molar-refractivity contribution in [1.82, 2.24) is 0 Å². The normalized spacial score (nSPS) is 19.6. The van der Waals surface area contributed by atoms with E-state index in [0.717, 1.165) is 12.8 Å². The molecule has 3 aliphatic carbocycles. The molecular formula is C32H40. The van der Waals surface area contributed by atoms with Crippen molar-refractivity contribution >= 4 is 0 Å². The van der Waals surface area contributed by atoms with Gasteiger partial charge in [0.25, 0.3) is 0 Å². The molecule has 0 bridgehead atoms. The largest absolute Gasteiger partial charge is 0.0804 e. The molecule has 32 heavy (non-hydrogen) atoms. The smallest absolute Gasteiger partial charge is 0.0171 e. The summed E-state index contributed by atoms with van der Waals surface area (Å²) in [5.74, 6) is 0. The predicted molar refractivity (Wildman–Crippen MR) is 139 cm³/mol. The van der Waals surface area contributed by atoms with Gasteiger partial charge in [0.05, 0.1) is 0 Å². The Morgan fingerprint density at radius 2 is 1.44 bits per heavy atom. The molecule has 0 heterocycles. The van der Waals surface area contributed by atoms with E-state index in [1.807, 2.05) is 0 Å². The lowest BCUT2D eigenvalue weighted by atomic mass is 9.62. The van der Waals surface area contributed by atoms with Crippen LogP contribution in [0.5, 0.6) is 0 Å². The molecular weight excluding hydrogens is 384 g/mol. The fourth-order valence-electron chi connectivity index (χ4n) is 6.32. The lowest BCUT2D eigenvalue weighted by molar-refractivity contribution is 0.334. The Bertz CT molecular complexity index is 1100. The van der Waals surface area contributed by atoms with Gasteiger partial charge in [-0.25, -0.2) is 0 Å². The summed E-state index contributed by atoms with van der Waals surface area (Å²) in [6.45, 7) is 14.1. The minimum atomic E-state index is 0.145. The van der Waals surface area contributed by atoms with Crippen molar-refractivity contribution in [1.29, 1.82) is 0 Å². The highest BCUT2D eigenvalue weighted by molar-refractivity contribution is 5.80. The standard InChI is InChI=1S/C32H40/c1-30(2,3)24-15-14-22-18-28-27(26(22)19-24)20-25(31(4,5)6)21-29(28)32(16-10-7-11-17-32)23-12-8-9-13-23/h8-9,12,14-15,19-21H,7,10-11,13,16-18H2,1-6H3. The van der Waals surface area contributed by atoms with Gasteiger partial charge in [0.1, 0.15) is 0 Å². The zero-order chi connectivity index (χ0) is 22.7. The van der Waals surface area contributed by atoms with Gasteiger partial charge in [-0.05, 0) is 75.5 Å². The SMILES string of the molecule is CC(C)(C)c1ccc2c(c1)-c1cc(C(C)(C)C)cc(C3(C4=CC=CC4)CCCCC3)c1C2. The first-order valence-corrected chi connectivity index (χ1v) is 12.8. The Labute approximate surface area is 195 Å². The van der Waals surface area contributed by atoms with Gasteiger partial charge >= 0.3 is 0 Å². The summed E-state index contributed by atoms with van der Waals surface area (Å²) in [6, 6.07) is 12.4. The number of fused-ring (bicyclic) bond motifs is 3. The number of benzene rings is 2. The van der Waals surface area contributed by atoms with E-state index >= 15 is 0 Å². The van der Waals surface area contributed by atoms with Crippen LogP contribution in [0.15, 0.2) is 54.1 Å². The molecule has 0 aromatic heterocycles. The van der Waals surface area contributed by atoms with Crippen LogP contribution in [-0.4, -0.2) is 0 Å². The second-order valence-corrected chi connectivity index (χ2v) is 12.6. The van der Waals surface area contributed by atoms with E-state index in [0.29, 0.717) is 0 Å². The van der Waals surface area contributed by atoms with E-state index in [-0.39, 0.29) is 16.2 Å². The van der Waals surface area contributed by atoms with Crippen molar-refractivity contribution in [3.05, 3.63) is 82.0 Å². The summed E-state index contributed by atoms with van der Waals surface area (Å²) >= 11 is 0. The van der Waals surface area contributed by atoms with Crippen LogP contribution in [0.1, 0.15) is 108 Å². The summed E-state index contributed by atoms with van der Waals surface area (Å²) in [5.41, 5.74) is 13.0. The fraction of sp³-hybridized carbons (Fsp3) is 0.500. The Balaban J connectivity index is 1.76. The molecule has 0 N–H and O–H groups in total. The topological polar surface area (TPSA) is 0 Å². The van der Waals surface area contributed by atoms with Gasteiger partial charge < -0.3 is 0 Å². The maximum Gasteiger partial charge on any atom is 0.0171 e. The van der Waals surface area contributed by atoms with Crippen LogP contribution in [0, 0.1) is 0 Å². The minimum absolute atomic E-state index is 0.145. The second-order valence-electron chi connectivity index (χ2n) is 12.6. The van der Waals surface area contributed by atoms with Crippen molar-refractivity contribution in [2.45, 2.75) is 103 Å². The van der Waals surface area contributed by atoms with Gasteiger partial charge in [-0.2, -0.15) is 0 Å². The molecule has 3 aliphatic rings. The molecule has 2 aromatic rings. The lowest BCUT2D eigenvalue weighted by Crippen LogP contribution is -2.33. The Hall–Kier alpha value is -2.08. The number of hydrogen-bond donors (Lipinski definition) is 0. The molecule has 0 unspecified atom stereocenters. The molecule has 0 radical (unpaired) electrons. The van der Waals surface area contributed by atoms with Crippen molar-refractivity contribution in [2.24, 2.45) is 0 Å². The molecule has 0 nitrogen and oxygen atoms in total. The minimum Gasteiger partial charge on any atom is -0.0804 e. The van der Waals surface area contributed by atoms with Crippen molar-refractivity contribution in [2.75, 3.05) is 0 Å². The average molecular weight is 425 g/mol.